The molecule has 0 radical (unpaired) electrons. The average molecular weight is 235 g/mol. The van der Waals surface area contributed by atoms with Crippen LogP contribution in [0.2, 0.25) is 0 Å². The Hall–Kier alpha value is -0.900. The van der Waals surface area contributed by atoms with Gasteiger partial charge in [-0.1, -0.05) is 30.3 Å². The topological polar surface area (TPSA) is 43.7 Å². The first-order valence-corrected chi connectivity index (χ1v) is 6.33. The van der Waals surface area contributed by atoms with Crippen LogP contribution in [0.15, 0.2) is 30.3 Å². The van der Waals surface area contributed by atoms with Gasteiger partial charge in [-0.05, 0) is 24.3 Å². The molecule has 1 aromatic carbocycles. The van der Waals surface area contributed by atoms with Gasteiger partial charge in [0.25, 0.3) is 0 Å². The Kier molecular flexibility index (Phi) is 4.54. The maximum Gasteiger partial charge on any atom is 0.0587 e. The molecule has 2 rings (SSSR count). The Morgan fingerprint density at radius 2 is 1.82 bits per heavy atom. The highest BCUT2D eigenvalue weighted by molar-refractivity contribution is 5.14. The minimum atomic E-state index is 0.213. The number of aliphatic hydroxyl groups excluding tert-OH is 2. The average Bonchev–Trinajstić information content (AvgIpc) is 2.40. The van der Waals surface area contributed by atoms with E-state index in [2.05, 4.69) is 17.0 Å². The van der Waals surface area contributed by atoms with Gasteiger partial charge in [-0.25, -0.2) is 0 Å². The van der Waals surface area contributed by atoms with E-state index in [-0.39, 0.29) is 19.3 Å². The molecule has 1 heterocycles. The maximum absolute atomic E-state index is 9.39. The fraction of sp³-hybridized carbons (Fsp3) is 0.571. The zero-order valence-electron chi connectivity index (χ0n) is 10.1. The van der Waals surface area contributed by atoms with Gasteiger partial charge in [-0.2, -0.15) is 0 Å². The molecule has 1 aromatic rings. The third-order valence-corrected chi connectivity index (χ3v) is 3.61. The summed E-state index contributed by atoms with van der Waals surface area (Å²) in [5, 5.41) is 18.6. The lowest BCUT2D eigenvalue weighted by atomic mass is 9.93. The summed E-state index contributed by atoms with van der Waals surface area (Å²) in [6, 6.07) is 10.6. The zero-order chi connectivity index (χ0) is 12.1. The summed E-state index contributed by atoms with van der Waals surface area (Å²) in [6.45, 7) is 2.22. The smallest absolute Gasteiger partial charge is 0.0587 e. The third-order valence-electron chi connectivity index (χ3n) is 3.61. The number of hydrogen-bond donors (Lipinski definition) is 2. The van der Waals surface area contributed by atoms with Gasteiger partial charge < -0.3 is 10.2 Å². The van der Waals surface area contributed by atoms with Crippen LogP contribution in [-0.2, 0) is 6.54 Å². The molecule has 0 bridgehead atoms. The molecule has 1 saturated heterocycles. The summed E-state index contributed by atoms with van der Waals surface area (Å²) in [5.74, 6) is 0.363. The van der Waals surface area contributed by atoms with Crippen LogP contribution in [0.1, 0.15) is 18.4 Å². The largest absolute Gasteiger partial charge is 0.396 e. The third kappa shape index (κ3) is 3.28. The predicted molar refractivity (Wildman–Crippen MR) is 67.5 cm³/mol. The molecule has 2 N–H and O–H groups in total. The second-order valence-corrected chi connectivity index (χ2v) is 4.88. The first-order chi connectivity index (χ1) is 8.33. The molecule has 17 heavy (non-hydrogen) atoms. The highest BCUT2D eigenvalue weighted by atomic mass is 16.3. The van der Waals surface area contributed by atoms with Crippen molar-refractivity contribution in [2.45, 2.75) is 25.4 Å². The van der Waals surface area contributed by atoms with Crippen LogP contribution < -0.4 is 0 Å². The van der Waals surface area contributed by atoms with Crippen molar-refractivity contribution in [1.29, 1.82) is 0 Å². The van der Waals surface area contributed by atoms with E-state index in [0.717, 1.165) is 25.9 Å². The van der Waals surface area contributed by atoms with E-state index in [9.17, 15) is 10.2 Å². The minimum absolute atomic E-state index is 0.213. The second-order valence-electron chi connectivity index (χ2n) is 4.88. The Morgan fingerprint density at radius 3 is 2.47 bits per heavy atom. The van der Waals surface area contributed by atoms with Gasteiger partial charge in [-0.15, -0.1) is 0 Å². The number of nitrogens with zero attached hydrogens (tertiary/aromatic N) is 1. The van der Waals surface area contributed by atoms with Crippen molar-refractivity contribution in [1.82, 2.24) is 4.90 Å². The van der Waals surface area contributed by atoms with Crippen LogP contribution in [0.25, 0.3) is 0 Å². The molecule has 2 atom stereocenters. The van der Waals surface area contributed by atoms with Crippen molar-refractivity contribution in [3.05, 3.63) is 35.9 Å². The number of hydrogen-bond acceptors (Lipinski definition) is 3. The quantitative estimate of drug-likeness (QED) is 0.825. The van der Waals surface area contributed by atoms with Gasteiger partial charge in [0.15, 0.2) is 0 Å². The Morgan fingerprint density at radius 1 is 1.06 bits per heavy atom. The van der Waals surface area contributed by atoms with Crippen molar-refractivity contribution in [3.8, 4) is 0 Å². The molecule has 0 saturated carbocycles. The van der Waals surface area contributed by atoms with Gasteiger partial charge in [0.1, 0.15) is 0 Å². The van der Waals surface area contributed by atoms with Crippen LogP contribution >= 0.6 is 0 Å². The fourth-order valence-electron chi connectivity index (χ4n) is 2.55. The number of likely N-dealkylation sites (tertiary alicyclic amines) is 1. The van der Waals surface area contributed by atoms with E-state index in [1.165, 1.54) is 5.56 Å². The van der Waals surface area contributed by atoms with E-state index < -0.39 is 0 Å². The van der Waals surface area contributed by atoms with E-state index >= 15 is 0 Å². The molecule has 3 heteroatoms. The van der Waals surface area contributed by atoms with Gasteiger partial charge in [0.05, 0.1) is 6.61 Å². The summed E-state index contributed by atoms with van der Waals surface area (Å²) in [4.78, 5) is 2.29. The van der Waals surface area contributed by atoms with Gasteiger partial charge in [0, 0.05) is 25.7 Å². The van der Waals surface area contributed by atoms with Gasteiger partial charge >= 0.3 is 0 Å². The number of benzene rings is 1. The molecule has 94 valence electrons. The fourth-order valence-corrected chi connectivity index (χ4v) is 2.55. The minimum Gasteiger partial charge on any atom is -0.396 e. The summed E-state index contributed by atoms with van der Waals surface area (Å²) >= 11 is 0. The molecule has 0 aromatic heterocycles. The molecule has 0 unspecified atom stereocenters. The predicted octanol–water partition coefficient (Wildman–Crippen LogP) is 1.25. The summed E-state index contributed by atoms with van der Waals surface area (Å²) in [6.07, 6.45) is 2.00. The summed E-state index contributed by atoms with van der Waals surface area (Å²) in [7, 11) is 0. The van der Waals surface area contributed by atoms with Crippen molar-refractivity contribution in [2.75, 3.05) is 19.8 Å². The lowest BCUT2D eigenvalue weighted by molar-refractivity contribution is 0.0387. The summed E-state index contributed by atoms with van der Waals surface area (Å²) < 4.78 is 0. The molecular weight excluding hydrogens is 214 g/mol. The van der Waals surface area contributed by atoms with E-state index in [4.69, 9.17) is 0 Å². The van der Waals surface area contributed by atoms with Crippen LogP contribution in [0.3, 0.4) is 0 Å². The van der Waals surface area contributed by atoms with Gasteiger partial charge in [-0.3, -0.25) is 4.90 Å². The lowest BCUT2D eigenvalue weighted by Gasteiger charge is -2.38. The second kappa shape index (κ2) is 6.15. The Bertz CT molecular complexity index is 328. The normalized spacial score (nSPS) is 26.0. The van der Waals surface area contributed by atoms with Crippen molar-refractivity contribution < 1.29 is 10.2 Å². The maximum atomic E-state index is 9.39. The van der Waals surface area contributed by atoms with Crippen molar-refractivity contribution >= 4 is 0 Å². The Balaban J connectivity index is 2.00. The lowest BCUT2D eigenvalue weighted by Crippen LogP contribution is -2.45. The Labute approximate surface area is 103 Å². The molecular formula is C14H21NO2. The molecule has 1 fully saturated rings. The van der Waals surface area contributed by atoms with E-state index in [1.54, 1.807) is 0 Å². The molecule has 3 nitrogen and oxygen atoms in total. The molecule has 0 spiro atoms. The standard InChI is InChI=1S/C14H21NO2/c16-10-13-6-7-14(11-17)15(9-13)8-12-4-2-1-3-5-12/h1-5,13-14,16-17H,6-11H2/t13-,14-/m1/s1. The van der Waals surface area contributed by atoms with Crippen LogP contribution in [0.4, 0.5) is 0 Å². The molecule has 0 amide bonds. The van der Waals surface area contributed by atoms with Crippen molar-refractivity contribution in [3.63, 3.8) is 0 Å². The van der Waals surface area contributed by atoms with Crippen LogP contribution in [0.5, 0.6) is 0 Å². The zero-order valence-corrected chi connectivity index (χ0v) is 10.1. The highest BCUT2D eigenvalue weighted by Crippen LogP contribution is 2.23. The molecule has 1 aliphatic heterocycles. The van der Waals surface area contributed by atoms with Crippen molar-refractivity contribution in [2.24, 2.45) is 5.92 Å². The molecule has 1 aliphatic rings. The number of aliphatic hydroxyl groups is 2. The summed E-state index contributed by atoms with van der Waals surface area (Å²) in [5.41, 5.74) is 1.27. The number of rotatable bonds is 4. The first-order valence-electron chi connectivity index (χ1n) is 6.33. The van der Waals surface area contributed by atoms with Crippen LogP contribution in [-0.4, -0.2) is 40.9 Å². The monoisotopic (exact) mass is 235 g/mol. The number of piperidine rings is 1. The van der Waals surface area contributed by atoms with Gasteiger partial charge in [0.2, 0.25) is 0 Å². The first kappa shape index (κ1) is 12.6. The highest BCUT2D eigenvalue weighted by Gasteiger charge is 2.27. The molecule has 0 aliphatic carbocycles. The van der Waals surface area contributed by atoms with Crippen LogP contribution in [0, 0.1) is 5.92 Å². The van der Waals surface area contributed by atoms with E-state index in [0.29, 0.717) is 5.92 Å². The SMILES string of the molecule is OC[C@@H]1CC[C@H](CO)N(Cc2ccccc2)C1. The van der Waals surface area contributed by atoms with E-state index in [1.807, 2.05) is 18.2 Å².